The summed E-state index contributed by atoms with van der Waals surface area (Å²) in [6, 6.07) is 12.5. The topological polar surface area (TPSA) is 55.8 Å². The van der Waals surface area contributed by atoms with Crippen molar-refractivity contribution in [2.45, 2.75) is 13.2 Å². The highest BCUT2D eigenvalue weighted by molar-refractivity contribution is 5.76. The number of carbonyl (C=O) groups is 1. The minimum atomic E-state index is 0.0299. The van der Waals surface area contributed by atoms with Gasteiger partial charge in [-0.1, -0.05) is 24.3 Å². The Bertz CT molecular complexity index is 576. The van der Waals surface area contributed by atoms with Gasteiger partial charge in [-0.15, -0.1) is 0 Å². The first-order valence-electron chi connectivity index (χ1n) is 6.21. The van der Waals surface area contributed by atoms with Crippen LogP contribution in [0.5, 0.6) is 11.5 Å². The van der Waals surface area contributed by atoms with Gasteiger partial charge in [0.05, 0.1) is 13.7 Å². The van der Waals surface area contributed by atoms with Crippen LogP contribution < -0.4 is 9.47 Å². The van der Waals surface area contributed by atoms with Gasteiger partial charge in [-0.3, -0.25) is 4.79 Å². The van der Waals surface area contributed by atoms with E-state index in [9.17, 15) is 4.79 Å². The van der Waals surface area contributed by atoms with Crippen molar-refractivity contribution in [1.29, 1.82) is 0 Å². The van der Waals surface area contributed by atoms with Crippen molar-refractivity contribution in [2.75, 3.05) is 7.11 Å². The van der Waals surface area contributed by atoms with Gasteiger partial charge in [-0.2, -0.15) is 0 Å². The molecule has 0 aliphatic heterocycles. The van der Waals surface area contributed by atoms with Crippen molar-refractivity contribution in [2.24, 2.45) is 0 Å². The average Bonchev–Trinajstić information content (AvgIpc) is 2.53. The number of benzene rings is 2. The zero-order chi connectivity index (χ0) is 14.4. The van der Waals surface area contributed by atoms with Gasteiger partial charge in [0, 0.05) is 5.56 Å². The van der Waals surface area contributed by atoms with Gasteiger partial charge in [0.2, 0.25) is 0 Å². The molecule has 0 heterocycles. The average molecular weight is 272 g/mol. The lowest BCUT2D eigenvalue weighted by molar-refractivity contribution is 0.112. The Kier molecular flexibility index (Phi) is 4.74. The fourth-order valence-electron chi connectivity index (χ4n) is 1.78. The van der Waals surface area contributed by atoms with Gasteiger partial charge in [0.15, 0.2) is 11.5 Å². The zero-order valence-corrected chi connectivity index (χ0v) is 11.2. The molecule has 0 bridgehead atoms. The molecule has 4 nitrogen and oxygen atoms in total. The first-order valence-corrected chi connectivity index (χ1v) is 6.21. The van der Waals surface area contributed by atoms with Crippen LogP contribution in [0.4, 0.5) is 0 Å². The zero-order valence-electron chi connectivity index (χ0n) is 11.2. The predicted octanol–water partition coefficient (Wildman–Crippen LogP) is 2.58. The lowest BCUT2D eigenvalue weighted by Crippen LogP contribution is -1.98. The summed E-state index contributed by atoms with van der Waals surface area (Å²) in [5.41, 5.74) is 2.40. The standard InChI is InChI=1S/C16H16O4/c1-19-16-8-14(10-18)6-7-15(16)20-11-13-4-2-12(9-17)3-5-13/h2-8,10,17H,9,11H2,1H3. The molecular weight excluding hydrogens is 256 g/mol. The first kappa shape index (κ1) is 14.1. The molecule has 0 aliphatic rings. The van der Waals surface area contributed by atoms with Crippen molar-refractivity contribution in [3.63, 3.8) is 0 Å². The van der Waals surface area contributed by atoms with E-state index in [1.165, 1.54) is 7.11 Å². The van der Waals surface area contributed by atoms with Crippen LogP contribution in [0.1, 0.15) is 21.5 Å². The van der Waals surface area contributed by atoms with Crippen molar-refractivity contribution in [1.82, 2.24) is 0 Å². The van der Waals surface area contributed by atoms with E-state index >= 15 is 0 Å². The van der Waals surface area contributed by atoms with Gasteiger partial charge in [0.25, 0.3) is 0 Å². The highest BCUT2D eigenvalue weighted by Gasteiger charge is 2.06. The predicted molar refractivity (Wildman–Crippen MR) is 75.1 cm³/mol. The maximum atomic E-state index is 10.7. The van der Waals surface area contributed by atoms with Gasteiger partial charge < -0.3 is 14.6 Å². The van der Waals surface area contributed by atoms with Crippen LogP contribution in [0.2, 0.25) is 0 Å². The fraction of sp³-hybridized carbons (Fsp3) is 0.188. The number of hydrogen-bond donors (Lipinski definition) is 1. The number of aliphatic hydroxyl groups is 1. The van der Waals surface area contributed by atoms with E-state index in [1.807, 2.05) is 24.3 Å². The molecule has 0 atom stereocenters. The minimum Gasteiger partial charge on any atom is -0.493 e. The molecule has 0 spiro atoms. The highest BCUT2D eigenvalue weighted by Crippen LogP contribution is 2.28. The van der Waals surface area contributed by atoms with E-state index in [-0.39, 0.29) is 6.61 Å². The van der Waals surface area contributed by atoms with E-state index in [4.69, 9.17) is 14.6 Å². The Balaban J connectivity index is 2.07. The Hall–Kier alpha value is -2.33. The molecular formula is C16H16O4. The quantitative estimate of drug-likeness (QED) is 0.821. The number of methoxy groups -OCH3 is 1. The lowest BCUT2D eigenvalue weighted by atomic mass is 10.1. The van der Waals surface area contributed by atoms with Crippen LogP contribution in [0, 0.1) is 0 Å². The maximum Gasteiger partial charge on any atom is 0.161 e. The van der Waals surface area contributed by atoms with E-state index in [1.54, 1.807) is 18.2 Å². The van der Waals surface area contributed by atoms with Gasteiger partial charge >= 0.3 is 0 Å². The summed E-state index contributed by atoms with van der Waals surface area (Å²) in [7, 11) is 1.53. The Morgan fingerprint density at radius 1 is 1.05 bits per heavy atom. The Morgan fingerprint density at radius 2 is 1.75 bits per heavy atom. The second-order valence-corrected chi connectivity index (χ2v) is 4.29. The van der Waals surface area contributed by atoms with E-state index < -0.39 is 0 Å². The molecule has 0 aromatic heterocycles. The van der Waals surface area contributed by atoms with Crippen LogP contribution in [0.3, 0.4) is 0 Å². The van der Waals surface area contributed by atoms with Crippen molar-refractivity contribution >= 4 is 6.29 Å². The number of aldehydes is 1. The summed E-state index contributed by atoms with van der Waals surface area (Å²) in [6.07, 6.45) is 0.764. The third-order valence-electron chi connectivity index (χ3n) is 2.92. The number of hydrogen-bond acceptors (Lipinski definition) is 4. The summed E-state index contributed by atoms with van der Waals surface area (Å²) in [6.45, 7) is 0.421. The second kappa shape index (κ2) is 6.73. The molecule has 0 unspecified atom stereocenters. The van der Waals surface area contributed by atoms with Crippen LogP contribution in [0.25, 0.3) is 0 Å². The van der Waals surface area contributed by atoms with Crippen LogP contribution in [-0.2, 0) is 13.2 Å². The van der Waals surface area contributed by atoms with Crippen LogP contribution in [-0.4, -0.2) is 18.5 Å². The molecule has 0 saturated heterocycles. The van der Waals surface area contributed by atoms with E-state index in [2.05, 4.69) is 0 Å². The number of aliphatic hydroxyl groups excluding tert-OH is 1. The Labute approximate surface area is 117 Å². The molecule has 20 heavy (non-hydrogen) atoms. The minimum absolute atomic E-state index is 0.0299. The van der Waals surface area contributed by atoms with Gasteiger partial charge in [-0.05, 0) is 29.3 Å². The summed E-state index contributed by atoms with van der Waals surface area (Å²) in [5.74, 6) is 1.12. The Morgan fingerprint density at radius 3 is 2.35 bits per heavy atom. The van der Waals surface area contributed by atoms with Crippen LogP contribution in [0.15, 0.2) is 42.5 Å². The largest absolute Gasteiger partial charge is 0.493 e. The molecule has 2 aromatic rings. The van der Waals surface area contributed by atoms with Crippen molar-refractivity contribution in [3.8, 4) is 11.5 Å². The molecule has 0 amide bonds. The lowest BCUT2D eigenvalue weighted by Gasteiger charge is -2.11. The smallest absolute Gasteiger partial charge is 0.161 e. The summed E-state index contributed by atoms with van der Waals surface area (Å²) in [5, 5.41) is 8.98. The number of carbonyl (C=O) groups excluding carboxylic acids is 1. The van der Waals surface area contributed by atoms with Gasteiger partial charge in [0.1, 0.15) is 12.9 Å². The summed E-state index contributed by atoms with van der Waals surface area (Å²) < 4.78 is 10.9. The van der Waals surface area contributed by atoms with Crippen molar-refractivity contribution in [3.05, 3.63) is 59.2 Å². The molecule has 2 rings (SSSR count). The summed E-state index contributed by atoms with van der Waals surface area (Å²) in [4.78, 5) is 10.7. The van der Waals surface area contributed by atoms with Gasteiger partial charge in [-0.25, -0.2) is 0 Å². The number of ether oxygens (including phenoxy) is 2. The first-order chi connectivity index (χ1) is 9.76. The highest BCUT2D eigenvalue weighted by atomic mass is 16.5. The maximum absolute atomic E-state index is 10.7. The summed E-state index contributed by atoms with van der Waals surface area (Å²) >= 11 is 0. The molecule has 0 fully saturated rings. The molecule has 0 saturated carbocycles. The van der Waals surface area contributed by atoms with Crippen molar-refractivity contribution < 1.29 is 19.4 Å². The second-order valence-electron chi connectivity index (χ2n) is 4.29. The molecule has 0 radical (unpaired) electrons. The molecule has 2 aromatic carbocycles. The number of rotatable bonds is 6. The normalized spacial score (nSPS) is 10.1. The van der Waals surface area contributed by atoms with E-state index in [0.29, 0.717) is 23.7 Å². The van der Waals surface area contributed by atoms with E-state index in [0.717, 1.165) is 17.4 Å². The monoisotopic (exact) mass is 272 g/mol. The SMILES string of the molecule is COc1cc(C=O)ccc1OCc1ccc(CO)cc1. The fourth-order valence-corrected chi connectivity index (χ4v) is 1.78. The third kappa shape index (κ3) is 3.36. The molecule has 104 valence electrons. The molecule has 0 aliphatic carbocycles. The molecule has 1 N–H and O–H groups in total. The molecule has 4 heteroatoms. The van der Waals surface area contributed by atoms with Crippen LogP contribution >= 0.6 is 0 Å². The third-order valence-corrected chi connectivity index (χ3v) is 2.92.